The van der Waals surface area contributed by atoms with Crippen LogP contribution in [0.3, 0.4) is 0 Å². The number of nitrogens with zero attached hydrogens (tertiary/aromatic N) is 1. The smallest absolute Gasteiger partial charge is 0.271 e. The van der Waals surface area contributed by atoms with E-state index in [1.807, 2.05) is 44.2 Å². The summed E-state index contributed by atoms with van der Waals surface area (Å²) in [6.45, 7) is 5.18. The number of amides is 1. The topological polar surface area (TPSA) is 76.2 Å². The van der Waals surface area contributed by atoms with E-state index >= 15 is 0 Å². The Morgan fingerprint density at radius 3 is 2.82 bits per heavy atom. The standard InChI is InChI=1S/C16H21N3O3/c1-12(2)21-9-8-17-16(20)15-10-13(18-19-15)11-22-14-6-4-3-5-7-14/h3-7,10,12H,8-9,11H2,1-2H3,(H,17,20)(H,18,19). The number of para-hydroxylation sites is 1. The summed E-state index contributed by atoms with van der Waals surface area (Å²) in [6.07, 6.45) is 0.157. The van der Waals surface area contributed by atoms with Crippen molar-refractivity contribution in [1.29, 1.82) is 0 Å². The Kier molecular flexibility index (Phi) is 5.97. The highest BCUT2D eigenvalue weighted by Gasteiger charge is 2.10. The number of rotatable bonds is 8. The number of nitrogens with one attached hydrogen (secondary N) is 2. The van der Waals surface area contributed by atoms with Gasteiger partial charge in [-0.15, -0.1) is 0 Å². The molecule has 0 fully saturated rings. The molecule has 118 valence electrons. The van der Waals surface area contributed by atoms with Crippen LogP contribution in [0.15, 0.2) is 36.4 Å². The molecule has 0 radical (unpaired) electrons. The minimum Gasteiger partial charge on any atom is -0.487 e. The highest BCUT2D eigenvalue weighted by Crippen LogP contribution is 2.11. The van der Waals surface area contributed by atoms with Gasteiger partial charge in [-0.3, -0.25) is 9.89 Å². The number of benzene rings is 1. The minimum absolute atomic E-state index is 0.157. The van der Waals surface area contributed by atoms with Gasteiger partial charge < -0.3 is 14.8 Å². The van der Waals surface area contributed by atoms with Gasteiger partial charge in [0.05, 0.1) is 18.4 Å². The second-order valence-corrected chi connectivity index (χ2v) is 5.06. The van der Waals surface area contributed by atoms with Crippen LogP contribution >= 0.6 is 0 Å². The second-order valence-electron chi connectivity index (χ2n) is 5.06. The molecule has 1 amide bonds. The lowest BCUT2D eigenvalue weighted by atomic mass is 10.3. The Labute approximate surface area is 129 Å². The fourth-order valence-electron chi connectivity index (χ4n) is 1.78. The highest BCUT2D eigenvalue weighted by atomic mass is 16.5. The van der Waals surface area contributed by atoms with Gasteiger partial charge in [-0.2, -0.15) is 5.10 Å². The monoisotopic (exact) mass is 303 g/mol. The largest absolute Gasteiger partial charge is 0.487 e. The van der Waals surface area contributed by atoms with Crippen molar-refractivity contribution < 1.29 is 14.3 Å². The maximum atomic E-state index is 11.9. The Morgan fingerprint density at radius 1 is 1.32 bits per heavy atom. The maximum Gasteiger partial charge on any atom is 0.271 e. The quantitative estimate of drug-likeness (QED) is 0.733. The average Bonchev–Trinajstić information content (AvgIpc) is 2.99. The molecule has 22 heavy (non-hydrogen) atoms. The molecule has 2 aromatic rings. The SMILES string of the molecule is CC(C)OCCNC(=O)c1cc(COc2ccccc2)[nH]n1. The zero-order valence-electron chi connectivity index (χ0n) is 12.8. The molecule has 0 saturated heterocycles. The van der Waals surface area contributed by atoms with Crippen LogP contribution in [-0.2, 0) is 11.3 Å². The van der Waals surface area contributed by atoms with Gasteiger partial charge in [0, 0.05) is 6.54 Å². The lowest BCUT2D eigenvalue weighted by molar-refractivity contribution is 0.0745. The molecule has 1 heterocycles. The van der Waals surface area contributed by atoms with E-state index in [1.165, 1.54) is 0 Å². The van der Waals surface area contributed by atoms with Crippen molar-refractivity contribution in [2.45, 2.75) is 26.6 Å². The molecular formula is C16H21N3O3. The number of H-pyrrole nitrogens is 1. The van der Waals surface area contributed by atoms with E-state index in [-0.39, 0.29) is 12.0 Å². The zero-order chi connectivity index (χ0) is 15.8. The number of hydrogen-bond acceptors (Lipinski definition) is 4. The summed E-state index contributed by atoms with van der Waals surface area (Å²) in [7, 11) is 0. The molecule has 0 atom stereocenters. The van der Waals surface area contributed by atoms with Crippen LogP contribution in [0.1, 0.15) is 30.0 Å². The van der Waals surface area contributed by atoms with Gasteiger partial charge in [-0.05, 0) is 32.0 Å². The normalized spacial score (nSPS) is 10.7. The summed E-state index contributed by atoms with van der Waals surface area (Å²) in [5.41, 5.74) is 1.09. The van der Waals surface area contributed by atoms with Crippen LogP contribution in [0.25, 0.3) is 0 Å². The first-order valence-electron chi connectivity index (χ1n) is 7.27. The van der Waals surface area contributed by atoms with Crippen molar-refractivity contribution in [3.8, 4) is 5.75 Å². The van der Waals surface area contributed by atoms with Gasteiger partial charge >= 0.3 is 0 Å². The molecule has 2 N–H and O–H groups in total. The first-order valence-corrected chi connectivity index (χ1v) is 7.27. The molecule has 0 aliphatic carbocycles. The molecule has 1 aromatic carbocycles. The Bertz CT molecular complexity index is 581. The molecule has 0 unspecified atom stereocenters. The summed E-state index contributed by atoms with van der Waals surface area (Å²) in [5, 5.41) is 9.54. The maximum absolute atomic E-state index is 11.9. The van der Waals surface area contributed by atoms with Gasteiger partial charge in [0.2, 0.25) is 0 Å². The van der Waals surface area contributed by atoms with Gasteiger partial charge in [-0.1, -0.05) is 18.2 Å². The van der Waals surface area contributed by atoms with E-state index in [4.69, 9.17) is 9.47 Å². The van der Waals surface area contributed by atoms with E-state index in [0.717, 1.165) is 11.4 Å². The van der Waals surface area contributed by atoms with Crippen molar-refractivity contribution in [2.24, 2.45) is 0 Å². The summed E-state index contributed by atoms with van der Waals surface area (Å²) in [6, 6.07) is 11.2. The number of carbonyl (C=O) groups is 1. The summed E-state index contributed by atoms with van der Waals surface area (Å²) < 4.78 is 10.9. The Balaban J connectivity index is 1.77. The van der Waals surface area contributed by atoms with E-state index in [9.17, 15) is 4.79 Å². The highest BCUT2D eigenvalue weighted by molar-refractivity contribution is 5.92. The molecule has 6 nitrogen and oxygen atoms in total. The third kappa shape index (κ3) is 5.21. The van der Waals surface area contributed by atoms with Crippen molar-refractivity contribution >= 4 is 5.91 Å². The van der Waals surface area contributed by atoms with E-state index < -0.39 is 0 Å². The zero-order valence-corrected chi connectivity index (χ0v) is 12.8. The molecule has 0 bridgehead atoms. The number of hydrogen-bond donors (Lipinski definition) is 2. The van der Waals surface area contributed by atoms with Crippen LogP contribution in [0.4, 0.5) is 0 Å². The van der Waals surface area contributed by atoms with Gasteiger partial charge in [0.25, 0.3) is 5.91 Å². The number of ether oxygens (including phenoxy) is 2. The van der Waals surface area contributed by atoms with Crippen molar-refractivity contribution in [2.75, 3.05) is 13.2 Å². The van der Waals surface area contributed by atoms with Crippen LogP contribution < -0.4 is 10.1 Å². The van der Waals surface area contributed by atoms with Gasteiger partial charge in [-0.25, -0.2) is 0 Å². The number of aromatic nitrogens is 2. The predicted octanol–water partition coefficient (Wildman–Crippen LogP) is 2.14. The van der Waals surface area contributed by atoms with E-state index in [2.05, 4.69) is 15.5 Å². The number of carbonyl (C=O) groups excluding carboxylic acids is 1. The number of aromatic amines is 1. The van der Waals surface area contributed by atoms with Crippen LogP contribution in [0.5, 0.6) is 5.75 Å². The third-order valence-electron chi connectivity index (χ3n) is 2.84. The fourth-order valence-corrected chi connectivity index (χ4v) is 1.78. The van der Waals surface area contributed by atoms with Gasteiger partial charge in [0.15, 0.2) is 0 Å². The second kappa shape index (κ2) is 8.19. The van der Waals surface area contributed by atoms with E-state index in [1.54, 1.807) is 6.07 Å². The Morgan fingerprint density at radius 2 is 2.09 bits per heavy atom. The summed E-state index contributed by atoms with van der Waals surface area (Å²) in [4.78, 5) is 11.9. The molecule has 0 spiro atoms. The Hall–Kier alpha value is -2.34. The van der Waals surface area contributed by atoms with Crippen molar-refractivity contribution in [3.05, 3.63) is 47.8 Å². The van der Waals surface area contributed by atoms with Crippen molar-refractivity contribution in [1.82, 2.24) is 15.5 Å². The lowest BCUT2D eigenvalue weighted by Gasteiger charge is -2.07. The molecule has 0 aliphatic heterocycles. The van der Waals surface area contributed by atoms with Gasteiger partial charge in [0.1, 0.15) is 18.1 Å². The lowest BCUT2D eigenvalue weighted by Crippen LogP contribution is -2.28. The summed E-state index contributed by atoms with van der Waals surface area (Å²) in [5.74, 6) is 0.545. The minimum atomic E-state index is -0.227. The molecule has 6 heteroatoms. The predicted molar refractivity (Wildman–Crippen MR) is 82.8 cm³/mol. The summed E-state index contributed by atoms with van der Waals surface area (Å²) >= 11 is 0. The van der Waals surface area contributed by atoms with Crippen LogP contribution in [-0.4, -0.2) is 35.4 Å². The van der Waals surface area contributed by atoms with E-state index in [0.29, 0.717) is 25.5 Å². The average molecular weight is 303 g/mol. The van der Waals surface area contributed by atoms with Crippen LogP contribution in [0, 0.1) is 0 Å². The fraction of sp³-hybridized carbons (Fsp3) is 0.375. The first-order chi connectivity index (χ1) is 10.6. The third-order valence-corrected chi connectivity index (χ3v) is 2.84. The first kappa shape index (κ1) is 16.0. The molecule has 2 rings (SSSR count). The van der Waals surface area contributed by atoms with Crippen LogP contribution in [0.2, 0.25) is 0 Å². The molecule has 1 aromatic heterocycles. The molecule has 0 aliphatic rings. The van der Waals surface area contributed by atoms with Crippen molar-refractivity contribution in [3.63, 3.8) is 0 Å². The molecular weight excluding hydrogens is 282 g/mol. The molecule has 0 saturated carbocycles.